The Morgan fingerprint density at radius 1 is 0.917 bits per heavy atom. The van der Waals surface area contributed by atoms with Gasteiger partial charge in [0.1, 0.15) is 0 Å². The fourth-order valence-electron chi connectivity index (χ4n) is 5.32. The van der Waals surface area contributed by atoms with Crippen molar-refractivity contribution < 1.29 is 9.53 Å². The number of ether oxygens (including phenoxy) is 1. The van der Waals surface area contributed by atoms with E-state index < -0.39 is 0 Å². The van der Waals surface area contributed by atoms with Crippen molar-refractivity contribution in [2.45, 2.75) is 31.7 Å². The predicted molar refractivity (Wildman–Crippen MR) is 145 cm³/mol. The van der Waals surface area contributed by atoms with Gasteiger partial charge in [0.2, 0.25) is 0 Å². The van der Waals surface area contributed by atoms with Crippen LogP contribution in [0.4, 0.5) is 5.69 Å². The summed E-state index contributed by atoms with van der Waals surface area (Å²) in [5, 5.41) is 1.23. The number of fused-ring (bicyclic) bond motifs is 1. The van der Waals surface area contributed by atoms with E-state index in [-0.39, 0.29) is 5.78 Å². The van der Waals surface area contributed by atoms with Gasteiger partial charge in [-0.3, -0.25) is 9.69 Å². The van der Waals surface area contributed by atoms with Crippen molar-refractivity contribution >= 4 is 22.4 Å². The largest absolute Gasteiger partial charge is 0.398 e. The van der Waals surface area contributed by atoms with Crippen LogP contribution in [0.1, 0.15) is 40.2 Å². The van der Waals surface area contributed by atoms with Gasteiger partial charge in [-0.1, -0.05) is 36.4 Å². The summed E-state index contributed by atoms with van der Waals surface area (Å²) in [6.45, 7) is 5.63. The van der Waals surface area contributed by atoms with Crippen LogP contribution < -0.4 is 5.73 Å². The second kappa shape index (κ2) is 9.92. The van der Waals surface area contributed by atoms with Crippen LogP contribution in [0.3, 0.4) is 0 Å². The molecule has 2 fully saturated rings. The van der Waals surface area contributed by atoms with Crippen LogP contribution in [0.25, 0.3) is 22.0 Å². The molecule has 2 aliphatic rings. The first-order chi connectivity index (χ1) is 17.7. The molecular weight excluding hydrogens is 446 g/mol. The van der Waals surface area contributed by atoms with Gasteiger partial charge >= 0.3 is 0 Å². The lowest BCUT2D eigenvalue weighted by Gasteiger charge is -2.26. The molecule has 3 aromatic carbocycles. The van der Waals surface area contributed by atoms with Crippen LogP contribution in [-0.2, 0) is 17.7 Å². The Labute approximate surface area is 212 Å². The summed E-state index contributed by atoms with van der Waals surface area (Å²) < 4.78 is 7.88. The molecule has 1 aliphatic carbocycles. The number of hydrogen-bond donors (Lipinski definition) is 1. The second-order valence-electron chi connectivity index (χ2n) is 10.1. The van der Waals surface area contributed by atoms with E-state index in [1.54, 1.807) is 0 Å². The third-order valence-electron chi connectivity index (χ3n) is 7.61. The molecular formula is C31H33N3O2. The average Bonchev–Trinajstić information content (AvgIpc) is 3.70. The maximum atomic E-state index is 13.4. The Balaban J connectivity index is 1.25. The maximum absolute atomic E-state index is 13.4. The molecule has 0 radical (unpaired) electrons. The van der Waals surface area contributed by atoms with Crippen molar-refractivity contribution in [3.8, 4) is 11.1 Å². The van der Waals surface area contributed by atoms with Crippen LogP contribution in [0.15, 0.2) is 72.9 Å². The minimum Gasteiger partial charge on any atom is -0.398 e. The van der Waals surface area contributed by atoms with Crippen LogP contribution in [0.5, 0.6) is 0 Å². The van der Waals surface area contributed by atoms with E-state index in [0.717, 1.165) is 61.6 Å². The number of ketones is 1. The van der Waals surface area contributed by atoms with Gasteiger partial charge < -0.3 is 15.0 Å². The zero-order chi connectivity index (χ0) is 24.5. The molecule has 5 nitrogen and oxygen atoms in total. The van der Waals surface area contributed by atoms with Gasteiger partial charge in [0, 0.05) is 61.0 Å². The van der Waals surface area contributed by atoms with E-state index in [0.29, 0.717) is 18.0 Å². The molecule has 1 saturated heterocycles. The topological polar surface area (TPSA) is 60.5 Å². The SMILES string of the molecule is Nc1ccc(-c2ccccc2)cc1CC(=O)c1ccc2c(c1)c(C1CC1)cn2CCN1CCOCC1. The van der Waals surface area contributed by atoms with Crippen molar-refractivity contribution in [3.63, 3.8) is 0 Å². The van der Waals surface area contributed by atoms with Gasteiger partial charge in [0.05, 0.1) is 13.2 Å². The fourth-order valence-corrected chi connectivity index (χ4v) is 5.32. The number of anilines is 1. The summed E-state index contributed by atoms with van der Waals surface area (Å²) in [6, 6.07) is 22.4. The Kier molecular flexibility index (Phi) is 6.34. The van der Waals surface area contributed by atoms with E-state index >= 15 is 0 Å². The van der Waals surface area contributed by atoms with Gasteiger partial charge in [0.25, 0.3) is 0 Å². The number of nitrogens with zero attached hydrogens (tertiary/aromatic N) is 2. The van der Waals surface area contributed by atoms with E-state index in [2.05, 4.69) is 46.0 Å². The predicted octanol–water partition coefficient (Wildman–Crippen LogP) is 5.53. The molecule has 0 bridgehead atoms. The minimum absolute atomic E-state index is 0.108. The summed E-state index contributed by atoms with van der Waals surface area (Å²) >= 11 is 0. The van der Waals surface area contributed by atoms with E-state index in [9.17, 15) is 4.79 Å². The molecule has 0 atom stereocenters. The molecule has 2 heterocycles. The second-order valence-corrected chi connectivity index (χ2v) is 10.1. The number of morpholine rings is 1. The Bertz CT molecular complexity index is 1380. The van der Waals surface area contributed by atoms with Crippen LogP contribution in [0.2, 0.25) is 0 Å². The fraction of sp³-hybridized carbons (Fsp3) is 0.323. The normalized spacial score (nSPS) is 16.4. The van der Waals surface area contributed by atoms with Crippen LogP contribution in [-0.4, -0.2) is 48.1 Å². The Morgan fingerprint density at radius 2 is 1.72 bits per heavy atom. The lowest BCUT2D eigenvalue weighted by atomic mass is 9.96. The summed E-state index contributed by atoms with van der Waals surface area (Å²) in [6.07, 6.45) is 5.11. The molecule has 1 saturated carbocycles. The quantitative estimate of drug-likeness (QED) is 0.267. The van der Waals surface area contributed by atoms with Gasteiger partial charge in [-0.25, -0.2) is 0 Å². The van der Waals surface area contributed by atoms with Crippen molar-refractivity contribution in [1.29, 1.82) is 0 Å². The molecule has 6 rings (SSSR count). The molecule has 2 N–H and O–H groups in total. The molecule has 36 heavy (non-hydrogen) atoms. The summed E-state index contributed by atoms with van der Waals surface area (Å²) in [4.78, 5) is 15.9. The van der Waals surface area contributed by atoms with Crippen molar-refractivity contribution in [3.05, 3.63) is 89.6 Å². The van der Waals surface area contributed by atoms with Gasteiger partial charge in [-0.2, -0.15) is 0 Å². The van der Waals surface area contributed by atoms with Crippen LogP contribution in [0, 0.1) is 0 Å². The highest BCUT2D eigenvalue weighted by Crippen LogP contribution is 2.44. The first-order valence-corrected chi connectivity index (χ1v) is 13.1. The van der Waals surface area contributed by atoms with Gasteiger partial charge in [-0.15, -0.1) is 0 Å². The first-order valence-electron chi connectivity index (χ1n) is 13.1. The number of carbonyl (C=O) groups is 1. The smallest absolute Gasteiger partial charge is 0.167 e. The highest BCUT2D eigenvalue weighted by atomic mass is 16.5. The molecule has 1 aliphatic heterocycles. The van der Waals surface area contributed by atoms with E-state index in [1.807, 2.05) is 36.4 Å². The molecule has 0 amide bonds. The Hall–Kier alpha value is -3.41. The number of nitrogens with two attached hydrogens (primary N) is 1. The average molecular weight is 480 g/mol. The van der Waals surface area contributed by atoms with Crippen molar-refractivity contribution in [2.24, 2.45) is 0 Å². The molecule has 0 spiro atoms. The molecule has 184 valence electrons. The third-order valence-corrected chi connectivity index (χ3v) is 7.61. The number of aromatic nitrogens is 1. The van der Waals surface area contributed by atoms with E-state index in [1.165, 1.54) is 29.3 Å². The number of Topliss-reactive ketones (excluding diaryl/α,β-unsaturated/α-hetero) is 1. The highest BCUT2D eigenvalue weighted by Gasteiger charge is 2.28. The lowest BCUT2D eigenvalue weighted by molar-refractivity contribution is 0.0365. The summed E-state index contributed by atoms with van der Waals surface area (Å²) in [7, 11) is 0. The van der Waals surface area contributed by atoms with Crippen molar-refractivity contribution in [1.82, 2.24) is 9.47 Å². The van der Waals surface area contributed by atoms with Gasteiger partial charge in [0.15, 0.2) is 5.78 Å². The first kappa shape index (κ1) is 23.0. The number of nitrogen functional groups attached to an aromatic ring is 1. The molecule has 5 heteroatoms. The lowest BCUT2D eigenvalue weighted by Crippen LogP contribution is -2.38. The van der Waals surface area contributed by atoms with E-state index in [4.69, 9.17) is 10.5 Å². The molecule has 4 aromatic rings. The number of hydrogen-bond acceptors (Lipinski definition) is 4. The summed E-state index contributed by atoms with van der Waals surface area (Å²) in [5.41, 5.74) is 13.4. The van der Waals surface area contributed by atoms with Crippen LogP contribution >= 0.6 is 0 Å². The number of rotatable bonds is 8. The third kappa shape index (κ3) is 4.81. The standard InChI is InChI=1S/C31H33N3O2/c32-29-10-8-24(22-4-2-1-3-5-22)18-26(29)20-31(35)25-9-11-30-27(19-25)28(23-6-7-23)21-34(30)13-12-33-14-16-36-17-15-33/h1-5,8-11,18-19,21,23H,6-7,12-17,20,32H2. The monoisotopic (exact) mass is 479 g/mol. The van der Waals surface area contributed by atoms with Crippen molar-refractivity contribution in [2.75, 3.05) is 38.6 Å². The Morgan fingerprint density at radius 3 is 2.50 bits per heavy atom. The highest BCUT2D eigenvalue weighted by molar-refractivity contribution is 6.02. The summed E-state index contributed by atoms with van der Waals surface area (Å²) in [5.74, 6) is 0.734. The minimum atomic E-state index is 0.108. The van der Waals surface area contributed by atoms with Gasteiger partial charge in [-0.05, 0) is 71.3 Å². The zero-order valence-corrected chi connectivity index (χ0v) is 20.7. The zero-order valence-electron chi connectivity index (χ0n) is 20.7. The molecule has 0 unspecified atom stereocenters. The number of carbonyl (C=O) groups excluding carboxylic acids is 1. The maximum Gasteiger partial charge on any atom is 0.167 e. The molecule has 1 aromatic heterocycles. The number of benzene rings is 3.